The molecule has 2 heterocycles. The molecule has 2 atom stereocenters. The molecule has 154 valence electrons. The van der Waals surface area contributed by atoms with Gasteiger partial charge in [0.15, 0.2) is 0 Å². The van der Waals surface area contributed by atoms with Crippen molar-refractivity contribution in [1.29, 1.82) is 0 Å². The number of likely N-dealkylation sites (tertiary alicyclic amines) is 1. The van der Waals surface area contributed by atoms with Gasteiger partial charge in [-0.1, -0.05) is 12.1 Å². The van der Waals surface area contributed by atoms with E-state index in [0.717, 1.165) is 11.3 Å². The molecule has 7 nitrogen and oxygen atoms in total. The third-order valence-electron chi connectivity index (χ3n) is 5.27. The van der Waals surface area contributed by atoms with Crippen molar-refractivity contribution < 1.29 is 19.1 Å². The third-order valence-corrected chi connectivity index (χ3v) is 5.27. The van der Waals surface area contributed by atoms with Crippen molar-refractivity contribution >= 4 is 11.9 Å². The number of nitrogens with one attached hydrogen (secondary N) is 1. The Labute approximate surface area is 167 Å². The summed E-state index contributed by atoms with van der Waals surface area (Å²) in [5.41, 5.74) is 0.734. The number of hydrogen-bond acceptors (Lipinski definition) is 4. The number of ether oxygens (including phenoxy) is 2. The largest absolute Gasteiger partial charge is 0.497 e. The summed E-state index contributed by atoms with van der Waals surface area (Å²) < 4.78 is 10.6. The molecule has 2 fully saturated rings. The topological polar surface area (TPSA) is 71.1 Å². The van der Waals surface area contributed by atoms with Crippen LogP contribution in [0.5, 0.6) is 5.75 Å². The van der Waals surface area contributed by atoms with Gasteiger partial charge in [-0.2, -0.15) is 0 Å². The van der Waals surface area contributed by atoms with Crippen molar-refractivity contribution in [2.75, 3.05) is 46.5 Å². The van der Waals surface area contributed by atoms with Crippen molar-refractivity contribution in [1.82, 2.24) is 15.1 Å². The van der Waals surface area contributed by atoms with E-state index in [1.165, 1.54) is 0 Å². The number of methoxy groups -OCH3 is 1. The molecule has 1 N–H and O–H groups in total. The zero-order valence-corrected chi connectivity index (χ0v) is 17.2. The fourth-order valence-electron chi connectivity index (χ4n) is 3.83. The van der Waals surface area contributed by atoms with Gasteiger partial charge in [0.25, 0.3) is 0 Å². The van der Waals surface area contributed by atoms with Crippen LogP contribution in [0.2, 0.25) is 0 Å². The molecule has 0 radical (unpaired) electrons. The predicted octanol–water partition coefficient (Wildman–Crippen LogP) is 2.08. The summed E-state index contributed by atoms with van der Waals surface area (Å²) in [7, 11) is 1.63. The third kappa shape index (κ3) is 4.76. The lowest BCUT2D eigenvalue weighted by Crippen LogP contribution is -2.48. The summed E-state index contributed by atoms with van der Waals surface area (Å²) in [6.45, 7) is 9.18. The van der Waals surface area contributed by atoms with Crippen LogP contribution in [0.25, 0.3) is 0 Å². The van der Waals surface area contributed by atoms with E-state index in [4.69, 9.17) is 9.47 Å². The maximum absolute atomic E-state index is 13.2. The lowest BCUT2D eigenvalue weighted by atomic mass is 9.88. The summed E-state index contributed by atoms with van der Waals surface area (Å²) in [6.07, 6.45) is 0. The Bertz CT molecular complexity index is 693. The van der Waals surface area contributed by atoms with Crippen LogP contribution in [0.1, 0.15) is 32.3 Å². The second-order valence-electron chi connectivity index (χ2n) is 8.51. The summed E-state index contributed by atoms with van der Waals surface area (Å²) in [5.74, 6) is 0.597. The quantitative estimate of drug-likeness (QED) is 0.859. The monoisotopic (exact) mass is 389 g/mol. The highest BCUT2D eigenvalue weighted by molar-refractivity contribution is 5.83. The normalized spacial score (nSPS) is 22.9. The molecule has 0 unspecified atom stereocenters. The SMILES string of the molecule is COc1ccc([C@@H]2CN(C(=O)NC(C)(C)C)C[C@@H]2C(=O)N2CCOCC2)cc1. The number of nitrogens with zero attached hydrogens (tertiary/aromatic N) is 2. The average molecular weight is 389 g/mol. The number of carbonyl (C=O) groups is 2. The molecule has 0 aliphatic carbocycles. The second kappa shape index (κ2) is 8.39. The Balaban J connectivity index is 1.81. The predicted molar refractivity (Wildman–Crippen MR) is 106 cm³/mol. The lowest BCUT2D eigenvalue weighted by molar-refractivity contribution is -0.139. The zero-order valence-electron chi connectivity index (χ0n) is 17.2. The van der Waals surface area contributed by atoms with E-state index in [1.807, 2.05) is 49.9 Å². The molecule has 1 aromatic rings. The smallest absolute Gasteiger partial charge is 0.317 e. The summed E-state index contributed by atoms with van der Waals surface area (Å²) in [4.78, 5) is 29.6. The lowest BCUT2D eigenvalue weighted by Gasteiger charge is -2.31. The summed E-state index contributed by atoms with van der Waals surface area (Å²) in [6, 6.07) is 7.68. The first-order valence-electron chi connectivity index (χ1n) is 9.86. The van der Waals surface area contributed by atoms with Gasteiger partial charge in [-0.25, -0.2) is 4.79 Å². The number of carbonyl (C=O) groups excluding carboxylic acids is 2. The molecule has 0 bridgehead atoms. The first-order chi connectivity index (χ1) is 13.3. The number of hydrogen-bond donors (Lipinski definition) is 1. The molecule has 0 aromatic heterocycles. The fourth-order valence-corrected chi connectivity index (χ4v) is 3.83. The first-order valence-corrected chi connectivity index (χ1v) is 9.86. The van der Waals surface area contributed by atoms with Crippen LogP contribution in [-0.4, -0.2) is 73.8 Å². The second-order valence-corrected chi connectivity index (χ2v) is 8.51. The Morgan fingerprint density at radius 2 is 1.71 bits per heavy atom. The van der Waals surface area contributed by atoms with Crippen LogP contribution in [0.3, 0.4) is 0 Å². The summed E-state index contributed by atoms with van der Waals surface area (Å²) in [5, 5.41) is 3.01. The van der Waals surface area contributed by atoms with Crippen LogP contribution in [0, 0.1) is 5.92 Å². The minimum Gasteiger partial charge on any atom is -0.497 e. The minimum atomic E-state index is -0.320. The van der Waals surface area contributed by atoms with Gasteiger partial charge >= 0.3 is 6.03 Å². The molecule has 0 spiro atoms. The highest BCUT2D eigenvalue weighted by Crippen LogP contribution is 2.35. The Kier molecular flexibility index (Phi) is 6.13. The van der Waals surface area contributed by atoms with Gasteiger partial charge in [0.05, 0.1) is 26.2 Å². The maximum atomic E-state index is 13.2. The van der Waals surface area contributed by atoms with E-state index in [1.54, 1.807) is 12.0 Å². The Morgan fingerprint density at radius 1 is 1.07 bits per heavy atom. The van der Waals surface area contributed by atoms with Crippen LogP contribution in [-0.2, 0) is 9.53 Å². The fraction of sp³-hybridized carbons (Fsp3) is 0.619. The molecule has 1 aromatic carbocycles. The molecule has 28 heavy (non-hydrogen) atoms. The van der Waals surface area contributed by atoms with Crippen molar-refractivity contribution in [3.05, 3.63) is 29.8 Å². The molecular formula is C21H31N3O4. The van der Waals surface area contributed by atoms with Crippen LogP contribution in [0.4, 0.5) is 4.79 Å². The van der Waals surface area contributed by atoms with Gasteiger partial charge < -0.3 is 24.6 Å². The van der Waals surface area contributed by atoms with Gasteiger partial charge in [0.2, 0.25) is 5.91 Å². The van der Waals surface area contributed by atoms with Crippen molar-refractivity contribution in [2.24, 2.45) is 5.92 Å². The minimum absolute atomic E-state index is 0.0352. The highest BCUT2D eigenvalue weighted by Gasteiger charge is 2.42. The zero-order chi connectivity index (χ0) is 20.3. The standard InChI is InChI=1S/C21H31N3O4/c1-21(2,3)22-20(26)24-13-17(15-5-7-16(27-4)8-6-15)18(14-24)19(25)23-9-11-28-12-10-23/h5-8,17-18H,9-14H2,1-4H3,(H,22,26)/t17-,18-/m0/s1. The van der Waals surface area contributed by atoms with E-state index >= 15 is 0 Å². The number of urea groups is 1. The van der Waals surface area contributed by atoms with E-state index in [0.29, 0.717) is 39.4 Å². The Morgan fingerprint density at radius 3 is 2.29 bits per heavy atom. The van der Waals surface area contributed by atoms with Gasteiger partial charge in [-0.3, -0.25) is 4.79 Å². The van der Waals surface area contributed by atoms with Crippen molar-refractivity contribution in [2.45, 2.75) is 32.2 Å². The molecule has 2 saturated heterocycles. The molecule has 3 amide bonds. The van der Waals surface area contributed by atoms with E-state index in [2.05, 4.69) is 5.32 Å². The van der Waals surface area contributed by atoms with E-state index in [9.17, 15) is 9.59 Å². The molecule has 7 heteroatoms. The molecule has 3 rings (SSSR count). The number of rotatable bonds is 3. The molecule has 2 aliphatic heterocycles. The highest BCUT2D eigenvalue weighted by atomic mass is 16.5. The van der Waals surface area contributed by atoms with E-state index in [-0.39, 0.29) is 29.3 Å². The van der Waals surface area contributed by atoms with E-state index < -0.39 is 0 Å². The maximum Gasteiger partial charge on any atom is 0.317 e. The molecule has 2 aliphatic rings. The van der Waals surface area contributed by atoms with Crippen molar-refractivity contribution in [3.8, 4) is 5.75 Å². The van der Waals surface area contributed by atoms with Gasteiger partial charge in [0.1, 0.15) is 5.75 Å². The van der Waals surface area contributed by atoms with Gasteiger partial charge in [0, 0.05) is 37.6 Å². The average Bonchev–Trinajstić information content (AvgIpc) is 3.12. The number of amides is 3. The first kappa shape index (κ1) is 20.5. The van der Waals surface area contributed by atoms with Crippen molar-refractivity contribution in [3.63, 3.8) is 0 Å². The molecule has 0 saturated carbocycles. The van der Waals surface area contributed by atoms with Crippen LogP contribution in [0.15, 0.2) is 24.3 Å². The van der Waals surface area contributed by atoms with Crippen LogP contribution < -0.4 is 10.1 Å². The molecular weight excluding hydrogens is 358 g/mol. The van der Waals surface area contributed by atoms with Gasteiger partial charge in [-0.05, 0) is 38.5 Å². The number of morpholine rings is 1. The number of benzene rings is 1. The summed E-state index contributed by atoms with van der Waals surface area (Å²) >= 11 is 0. The van der Waals surface area contributed by atoms with Gasteiger partial charge in [-0.15, -0.1) is 0 Å². The Hall–Kier alpha value is -2.28. The van der Waals surface area contributed by atoms with Crippen LogP contribution >= 0.6 is 0 Å².